The lowest BCUT2D eigenvalue weighted by Crippen LogP contribution is -2.43. The molecule has 3 rings (SSSR count). The van der Waals surface area contributed by atoms with Crippen LogP contribution in [-0.4, -0.2) is 36.8 Å². The van der Waals surface area contributed by atoms with E-state index in [0.29, 0.717) is 36.2 Å². The van der Waals surface area contributed by atoms with Gasteiger partial charge in [-0.3, -0.25) is 0 Å². The zero-order valence-corrected chi connectivity index (χ0v) is 14.5. The lowest BCUT2D eigenvalue weighted by molar-refractivity contribution is -0.274. The maximum absolute atomic E-state index is 12.7. The van der Waals surface area contributed by atoms with E-state index in [4.69, 9.17) is 0 Å². The molecule has 1 aliphatic rings. The van der Waals surface area contributed by atoms with Gasteiger partial charge in [-0.2, -0.15) is 13.2 Å². The smallest absolute Gasteiger partial charge is 0.406 e. The summed E-state index contributed by atoms with van der Waals surface area (Å²) < 4.78 is 79.5. The summed E-state index contributed by atoms with van der Waals surface area (Å²) in [6.07, 6.45) is -10.9. The first-order valence-corrected chi connectivity index (χ1v) is 8.52. The summed E-state index contributed by atoms with van der Waals surface area (Å²) in [7, 11) is 0. The van der Waals surface area contributed by atoms with E-state index in [9.17, 15) is 31.4 Å². The number of alkyl halides is 6. The van der Waals surface area contributed by atoms with Crippen LogP contribution in [0.5, 0.6) is 5.75 Å². The summed E-state index contributed by atoms with van der Waals surface area (Å²) in [4.78, 5) is 1.45. The molecule has 2 aromatic carbocycles. The maximum Gasteiger partial charge on any atom is 0.573 e. The van der Waals surface area contributed by atoms with E-state index in [-0.39, 0.29) is 5.75 Å². The first-order chi connectivity index (χ1) is 13.0. The second-order valence-corrected chi connectivity index (χ2v) is 6.49. The number of nitrogens with zero attached hydrogens (tertiary/aromatic N) is 1. The number of aliphatic hydroxyl groups is 1. The van der Waals surface area contributed by atoms with E-state index in [1.807, 2.05) is 0 Å². The first kappa shape index (κ1) is 20.3. The largest absolute Gasteiger partial charge is 0.573 e. The third-order valence-corrected chi connectivity index (χ3v) is 4.50. The molecule has 0 spiro atoms. The second kappa shape index (κ2) is 7.54. The Morgan fingerprint density at radius 1 is 1.04 bits per heavy atom. The highest BCUT2D eigenvalue weighted by molar-refractivity contribution is 5.76. The molecule has 1 heterocycles. The Morgan fingerprint density at radius 2 is 1.75 bits per heavy atom. The molecule has 0 fully saturated rings. The number of benzene rings is 2. The van der Waals surface area contributed by atoms with Crippen molar-refractivity contribution in [2.75, 3.05) is 18.0 Å². The fraction of sp³-hybridized carbons (Fsp3) is 0.368. The number of hydrogen-bond acceptors (Lipinski definition) is 3. The van der Waals surface area contributed by atoms with Gasteiger partial charge >= 0.3 is 12.5 Å². The predicted molar refractivity (Wildman–Crippen MR) is 91.2 cm³/mol. The van der Waals surface area contributed by atoms with Crippen molar-refractivity contribution < 1.29 is 36.2 Å². The van der Waals surface area contributed by atoms with Crippen molar-refractivity contribution in [2.45, 2.75) is 31.5 Å². The molecule has 3 nitrogen and oxygen atoms in total. The molecule has 28 heavy (non-hydrogen) atoms. The van der Waals surface area contributed by atoms with E-state index in [2.05, 4.69) is 4.74 Å². The molecule has 0 aliphatic carbocycles. The van der Waals surface area contributed by atoms with Crippen molar-refractivity contribution in [1.29, 1.82) is 0 Å². The van der Waals surface area contributed by atoms with Crippen LogP contribution in [0, 0.1) is 0 Å². The van der Waals surface area contributed by atoms with E-state index in [1.165, 1.54) is 23.1 Å². The number of rotatable bonds is 4. The highest BCUT2D eigenvalue weighted by Gasteiger charge is 2.40. The molecule has 0 aromatic heterocycles. The number of ether oxygens (including phenoxy) is 1. The summed E-state index contributed by atoms with van der Waals surface area (Å²) in [5.74, 6) is -0.372. The molecular weight excluding hydrogens is 388 g/mol. The van der Waals surface area contributed by atoms with Crippen LogP contribution >= 0.6 is 0 Å². The molecule has 0 saturated heterocycles. The highest BCUT2D eigenvalue weighted by Crippen LogP contribution is 2.37. The summed E-state index contributed by atoms with van der Waals surface area (Å²) in [6.45, 7) is -0.252. The van der Waals surface area contributed by atoms with Crippen molar-refractivity contribution in [3.05, 3.63) is 48.0 Å². The Kier molecular flexibility index (Phi) is 5.47. The Hall–Kier alpha value is -2.42. The lowest BCUT2D eigenvalue weighted by Gasteiger charge is -2.34. The van der Waals surface area contributed by atoms with Crippen LogP contribution in [0.25, 0.3) is 11.1 Å². The summed E-state index contributed by atoms with van der Waals surface area (Å²) in [5, 5.41) is 9.40. The lowest BCUT2D eigenvalue weighted by atomic mass is 9.92. The molecule has 0 radical (unpaired) electrons. The van der Waals surface area contributed by atoms with E-state index >= 15 is 0 Å². The SMILES string of the molecule is O[C@H](CN1CCCc2c(-c3cccc(OC(F)(F)F)c3)cccc21)C(F)(F)F. The van der Waals surface area contributed by atoms with Crippen LogP contribution in [-0.2, 0) is 6.42 Å². The van der Waals surface area contributed by atoms with Crippen LogP contribution in [0.2, 0.25) is 0 Å². The van der Waals surface area contributed by atoms with Crippen molar-refractivity contribution in [3.8, 4) is 16.9 Å². The molecule has 152 valence electrons. The van der Waals surface area contributed by atoms with Crippen molar-refractivity contribution in [2.24, 2.45) is 0 Å². The fourth-order valence-electron chi connectivity index (χ4n) is 3.33. The Balaban J connectivity index is 1.94. The normalized spacial score (nSPS) is 15.9. The number of fused-ring (bicyclic) bond motifs is 1. The Labute approximate surface area is 157 Å². The molecule has 1 atom stereocenters. The number of halogens is 6. The molecule has 1 aliphatic heterocycles. The third kappa shape index (κ3) is 4.70. The van der Waals surface area contributed by atoms with Gasteiger partial charge in [-0.25, -0.2) is 0 Å². The average Bonchev–Trinajstić information content (AvgIpc) is 2.59. The second-order valence-electron chi connectivity index (χ2n) is 6.49. The predicted octanol–water partition coefficient (Wildman–Crippen LogP) is 4.93. The standard InChI is InChI=1S/C19H17F6NO2/c20-18(21,22)17(27)11-26-9-3-7-15-14(6-2-8-16(15)26)12-4-1-5-13(10-12)28-19(23,24)25/h1-2,4-6,8,10,17,27H,3,7,9,11H2/t17-/m1/s1. The molecular formula is C19H17F6NO2. The van der Waals surface area contributed by atoms with E-state index < -0.39 is 25.2 Å². The molecule has 2 aromatic rings. The van der Waals surface area contributed by atoms with Gasteiger partial charge in [-0.05, 0) is 47.7 Å². The number of aliphatic hydroxyl groups excluding tert-OH is 1. The molecule has 0 unspecified atom stereocenters. The molecule has 0 bridgehead atoms. The highest BCUT2D eigenvalue weighted by atomic mass is 19.4. The van der Waals surface area contributed by atoms with Crippen LogP contribution in [0.3, 0.4) is 0 Å². The molecule has 0 saturated carbocycles. The fourth-order valence-corrected chi connectivity index (χ4v) is 3.33. The first-order valence-electron chi connectivity index (χ1n) is 8.52. The van der Waals surface area contributed by atoms with Crippen LogP contribution in [0.1, 0.15) is 12.0 Å². The Bertz CT molecular complexity index is 834. The van der Waals surface area contributed by atoms with Crippen molar-refractivity contribution in [1.82, 2.24) is 0 Å². The minimum atomic E-state index is -4.82. The van der Waals surface area contributed by atoms with Crippen molar-refractivity contribution >= 4 is 5.69 Å². The summed E-state index contributed by atoms with van der Waals surface area (Å²) in [6, 6.07) is 10.4. The van der Waals surface area contributed by atoms with Crippen LogP contribution in [0.4, 0.5) is 32.0 Å². The third-order valence-electron chi connectivity index (χ3n) is 4.50. The van der Waals surface area contributed by atoms with Gasteiger partial charge < -0.3 is 14.7 Å². The van der Waals surface area contributed by atoms with Gasteiger partial charge in [0.15, 0.2) is 6.10 Å². The van der Waals surface area contributed by atoms with Crippen LogP contribution in [0.15, 0.2) is 42.5 Å². The maximum atomic E-state index is 12.7. The minimum absolute atomic E-state index is 0.348. The molecule has 9 heteroatoms. The van der Waals surface area contributed by atoms with Gasteiger partial charge in [0.1, 0.15) is 5.75 Å². The quantitative estimate of drug-likeness (QED) is 0.733. The molecule has 0 amide bonds. The van der Waals surface area contributed by atoms with Gasteiger partial charge in [-0.15, -0.1) is 13.2 Å². The van der Waals surface area contributed by atoms with Gasteiger partial charge in [0.25, 0.3) is 0 Å². The van der Waals surface area contributed by atoms with E-state index in [0.717, 1.165) is 5.56 Å². The van der Waals surface area contributed by atoms with Gasteiger partial charge in [0.05, 0.1) is 6.54 Å². The Morgan fingerprint density at radius 3 is 2.43 bits per heavy atom. The van der Waals surface area contributed by atoms with Gasteiger partial charge in [0, 0.05) is 12.2 Å². The van der Waals surface area contributed by atoms with Crippen molar-refractivity contribution in [3.63, 3.8) is 0 Å². The van der Waals surface area contributed by atoms with Gasteiger partial charge in [0.2, 0.25) is 0 Å². The number of anilines is 1. The average molecular weight is 405 g/mol. The summed E-state index contributed by atoms with van der Waals surface area (Å²) in [5.41, 5.74) is 2.36. The topological polar surface area (TPSA) is 32.7 Å². The monoisotopic (exact) mass is 405 g/mol. The summed E-state index contributed by atoms with van der Waals surface area (Å²) >= 11 is 0. The number of hydrogen-bond donors (Lipinski definition) is 1. The number of β-amino-alcohol motifs (C(OH)–C–C–N with tert-alkyl or cyclic N) is 1. The van der Waals surface area contributed by atoms with Gasteiger partial charge in [-0.1, -0.05) is 24.3 Å². The zero-order chi connectivity index (χ0) is 20.5. The van der Waals surface area contributed by atoms with E-state index in [1.54, 1.807) is 24.3 Å². The van der Waals surface area contributed by atoms with Crippen LogP contribution < -0.4 is 9.64 Å². The molecule has 1 N–H and O–H groups in total. The minimum Gasteiger partial charge on any atom is -0.406 e. The zero-order valence-electron chi connectivity index (χ0n) is 14.5.